The zero-order valence-corrected chi connectivity index (χ0v) is 16.1. The summed E-state index contributed by atoms with van der Waals surface area (Å²) in [5, 5.41) is 0.869. The van der Waals surface area contributed by atoms with Crippen LogP contribution in [0.25, 0.3) is 0 Å². The number of nitrogens with two attached hydrogens (primary N) is 1. The Morgan fingerprint density at radius 2 is 1.91 bits per heavy atom. The molecule has 0 heterocycles. The maximum absolute atomic E-state index is 12.3. The normalized spacial score (nSPS) is 12.4. The van der Waals surface area contributed by atoms with E-state index in [1.54, 1.807) is 23.1 Å². The van der Waals surface area contributed by atoms with Crippen LogP contribution < -0.4 is 5.73 Å². The van der Waals surface area contributed by atoms with Gasteiger partial charge < -0.3 is 10.6 Å². The number of sulfone groups is 1. The summed E-state index contributed by atoms with van der Waals surface area (Å²) in [6.45, 7) is 2.64. The molecule has 1 aromatic carbocycles. The first-order valence-electron chi connectivity index (χ1n) is 6.80. The summed E-state index contributed by atoms with van der Waals surface area (Å²) < 4.78 is 22.3. The van der Waals surface area contributed by atoms with E-state index in [0.717, 1.165) is 11.8 Å². The molecule has 0 fully saturated rings. The molecule has 0 radical (unpaired) electrons. The first-order valence-corrected chi connectivity index (χ1v) is 9.61. The Kier molecular flexibility index (Phi) is 9.47. The van der Waals surface area contributed by atoms with Crippen molar-refractivity contribution in [2.45, 2.75) is 25.9 Å². The van der Waals surface area contributed by atoms with Gasteiger partial charge in [0.1, 0.15) is 9.84 Å². The van der Waals surface area contributed by atoms with E-state index in [2.05, 4.69) is 0 Å². The number of halogens is 3. The van der Waals surface area contributed by atoms with E-state index in [1.165, 1.54) is 0 Å². The molecule has 2 N–H and O–H groups in total. The molecule has 1 rings (SSSR count). The van der Waals surface area contributed by atoms with Crippen molar-refractivity contribution in [3.8, 4) is 0 Å². The van der Waals surface area contributed by atoms with Gasteiger partial charge in [-0.05, 0) is 31.0 Å². The molecule has 1 amide bonds. The van der Waals surface area contributed by atoms with Gasteiger partial charge in [-0.3, -0.25) is 4.79 Å². The Hall–Kier alpha value is -0.530. The summed E-state index contributed by atoms with van der Waals surface area (Å²) in [6, 6.07) is 4.31. The fourth-order valence-electron chi connectivity index (χ4n) is 1.90. The molecule has 23 heavy (non-hydrogen) atoms. The molecule has 0 aliphatic heterocycles. The van der Waals surface area contributed by atoms with Crippen LogP contribution in [0.3, 0.4) is 0 Å². The standard InChI is InChI=1S/C14H20Cl2N2O3S.ClH/c1-3-18(9-10-4-5-11(15)12(16)8-10)14(19)13(17)6-7-22(2,20)21;/h4-5,8,13H,3,6-7,9,17H2,1-2H3;1H. The van der Waals surface area contributed by atoms with Crippen LogP contribution in [-0.2, 0) is 21.2 Å². The number of benzene rings is 1. The minimum atomic E-state index is -3.14. The van der Waals surface area contributed by atoms with E-state index < -0.39 is 15.9 Å². The Bertz CT molecular complexity index is 638. The molecule has 0 aliphatic rings. The van der Waals surface area contributed by atoms with Crippen molar-refractivity contribution in [1.82, 2.24) is 4.90 Å². The summed E-state index contributed by atoms with van der Waals surface area (Å²) in [5.74, 6) is -0.387. The largest absolute Gasteiger partial charge is 0.337 e. The van der Waals surface area contributed by atoms with Crippen LogP contribution in [0.2, 0.25) is 10.0 Å². The topological polar surface area (TPSA) is 80.5 Å². The maximum Gasteiger partial charge on any atom is 0.239 e. The fraction of sp³-hybridized carbons (Fsp3) is 0.500. The minimum absolute atomic E-state index is 0. The SMILES string of the molecule is CCN(Cc1ccc(Cl)c(Cl)c1)C(=O)C(N)CCS(C)(=O)=O.Cl. The quantitative estimate of drug-likeness (QED) is 0.758. The van der Waals surface area contributed by atoms with Gasteiger partial charge in [-0.15, -0.1) is 12.4 Å². The van der Waals surface area contributed by atoms with Crippen molar-refractivity contribution < 1.29 is 13.2 Å². The molecule has 9 heteroatoms. The third kappa shape index (κ3) is 7.72. The van der Waals surface area contributed by atoms with Crippen LogP contribution in [0.5, 0.6) is 0 Å². The van der Waals surface area contributed by atoms with Gasteiger partial charge in [0.15, 0.2) is 0 Å². The second-order valence-electron chi connectivity index (χ2n) is 5.13. The summed E-state index contributed by atoms with van der Waals surface area (Å²) in [5.41, 5.74) is 6.64. The molecule has 1 aromatic rings. The monoisotopic (exact) mass is 402 g/mol. The van der Waals surface area contributed by atoms with Gasteiger partial charge in [-0.25, -0.2) is 8.42 Å². The average Bonchev–Trinajstić information content (AvgIpc) is 2.44. The predicted molar refractivity (Wildman–Crippen MR) is 97.1 cm³/mol. The van der Waals surface area contributed by atoms with E-state index >= 15 is 0 Å². The highest BCUT2D eigenvalue weighted by Crippen LogP contribution is 2.23. The molecule has 1 atom stereocenters. The highest BCUT2D eigenvalue weighted by molar-refractivity contribution is 7.90. The van der Waals surface area contributed by atoms with Crippen LogP contribution in [0.1, 0.15) is 18.9 Å². The Morgan fingerprint density at radius 3 is 2.39 bits per heavy atom. The van der Waals surface area contributed by atoms with E-state index in [9.17, 15) is 13.2 Å². The molecule has 0 saturated heterocycles. The third-order valence-corrected chi connectivity index (χ3v) is 4.88. The Balaban J connectivity index is 0.00000484. The van der Waals surface area contributed by atoms with Crippen LogP contribution in [0.4, 0.5) is 0 Å². The van der Waals surface area contributed by atoms with Gasteiger partial charge in [-0.1, -0.05) is 29.3 Å². The van der Waals surface area contributed by atoms with Crippen molar-refractivity contribution in [3.05, 3.63) is 33.8 Å². The van der Waals surface area contributed by atoms with Crippen molar-refractivity contribution >= 4 is 51.4 Å². The molecular formula is C14H21Cl3N2O3S. The number of amides is 1. The van der Waals surface area contributed by atoms with Crippen LogP contribution >= 0.6 is 35.6 Å². The minimum Gasteiger partial charge on any atom is -0.337 e. The van der Waals surface area contributed by atoms with Gasteiger partial charge in [0.05, 0.1) is 21.8 Å². The summed E-state index contributed by atoms with van der Waals surface area (Å²) in [6.07, 6.45) is 1.23. The Labute approximate surface area is 153 Å². The Morgan fingerprint density at radius 1 is 1.30 bits per heavy atom. The van der Waals surface area contributed by atoms with Gasteiger partial charge in [0.25, 0.3) is 0 Å². The predicted octanol–water partition coefficient (Wildman–Crippen LogP) is 2.53. The molecule has 1 unspecified atom stereocenters. The van der Waals surface area contributed by atoms with Gasteiger partial charge in [0.2, 0.25) is 5.91 Å². The molecule has 0 bridgehead atoms. The number of carbonyl (C=O) groups excluding carboxylic acids is 1. The van der Waals surface area contributed by atoms with E-state index in [1.807, 2.05) is 6.92 Å². The molecule has 0 spiro atoms. The van der Waals surface area contributed by atoms with Gasteiger partial charge in [-0.2, -0.15) is 0 Å². The second kappa shape index (κ2) is 9.69. The fourth-order valence-corrected chi connectivity index (χ4v) is 2.91. The smallest absolute Gasteiger partial charge is 0.239 e. The number of hydrogen-bond donors (Lipinski definition) is 1. The van der Waals surface area contributed by atoms with Crippen molar-refractivity contribution in [2.75, 3.05) is 18.6 Å². The highest BCUT2D eigenvalue weighted by atomic mass is 35.5. The summed E-state index contributed by atoms with van der Waals surface area (Å²) in [4.78, 5) is 13.9. The third-order valence-electron chi connectivity index (χ3n) is 3.17. The number of nitrogens with zero attached hydrogens (tertiary/aromatic N) is 1. The lowest BCUT2D eigenvalue weighted by atomic mass is 10.1. The number of likely N-dealkylation sites (N-methyl/N-ethyl adjacent to an activating group) is 1. The van der Waals surface area contributed by atoms with Crippen LogP contribution in [-0.4, -0.2) is 43.8 Å². The second-order valence-corrected chi connectivity index (χ2v) is 8.20. The van der Waals surface area contributed by atoms with Crippen molar-refractivity contribution in [2.24, 2.45) is 5.73 Å². The highest BCUT2D eigenvalue weighted by Gasteiger charge is 2.21. The molecule has 0 saturated carbocycles. The average molecular weight is 404 g/mol. The number of rotatable bonds is 7. The molecule has 132 valence electrons. The first kappa shape index (κ1) is 22.5. The van der Waals surface area contributed by atoms with E-state index in [-0.39, 0.29) is 30.5 Å². The molecular weight excluding hydrogens is 383 g/mol. The molecule has 0 aromatic heterocycles. The first-order chi connectivity index (χ1) is 10.1. The van der Waals surface area contributed by atoms with E-state index in [4.69, 9.17) is 28.9 Å². The van der Waals surface area contributed by atoms with Gasteiger partial charge >= 0.3 is 0 Å². The zero-order valence-electron chi connectivity index (χ0n) is 13.0. The van der Waals surface area contributed by atoms with Crippen LogP contribution in [0.15, 0.2) is 18.2 Å². The lowest BCUT2D eigenvalue weighted by Gasteiger charge is -2.24. The van der Waals surface area contributed by atoms with Gasteiger partial charge in [0, 0.05) is 19.3 Å². The van der Waals surface area contributed by atoms with Crippen molar-refractivity contribution in [1.29, 1.82) is 0 Å². The number of hydrogen-bond acceptors (Lipinski definition) is 4. The maximum atomic E-state index is 12.3. The number of carbonyl (C=O) groups is 1. The zero-order chi connectivity index (χ0) is 16.9. The molecule has 0 aliphatic carbocycles. The summed E-state index contributed by atoms with van der Waals surface area (Å²) in [7, 11) is -3.14. The lowest BCUT2D eigenvalue weighted by Crippen LogP contribution is -2.44. The lowest BCUT2D eigenvalue weighted by molar-refractivity contribution is -0.133. The van der Waals surface area contributed by atoms with Crippen molar-refractivity contribution in [3.63, 3.8) is 0 Å². The molecule has 5 nitrogen and oxygen atoms in total. The summed E-state index contributed by atoms with van der Waals surface area (Å²) >= 11 is 11.8. The van der Waals surface area contributed by atoms with E-state index in [0.29, 0.717) is 23.1 Å². The van der Waals surface area contributed by atoms with Crippen LogP contribution in [0, 0.1) is 0 Å².